The number of nitrogens with zero attached hydrogens (tertiary/aromatic N) is 2. The molecule has 0 aromatic carbocycles. The molecule has 3 fully saturated rings. The summed E-state index contributed by atoms with van der Waals surface area (Å²) in [6.45, 7) is 1.66. The Labute approximate surface area is 136 Å². The summed E-state index contributed by atoms with van der Waals surface area (Å²) in [6, 6.07) is 0.445. The van der Waals surface area contributed by atoms with Gasteiger partial charge in [0.1, 0.15) is 0 Å². The van der Waals surface area contributed by atoms with Gasteiger partial charge < -0.3 is 9.80 Å². The Balaban J connectivity index is 1.75. The number of amides is 1. The molecule has 132 valence electrons. The Morgan fingerprint density at radius 3 is 2.22 bits per heavy atom. The molecule has 23 heavy (non-hydrogen) atoms. The van der Waals surface area contributed by atoms with Gasteiger partial charge in [0.2, 0.25) is 5.91 Å². The fourth-order valence-electron chi connectivity index (χ4n) is 4.92. The normalized spacial score (nSPS) is 36.6. The van der Waals surface area contributed by atoms with Crippen LogP contribution in [0.3, 0.4) is 0 Å². The molecular formula is C17H27F3N2O. The molecular weight excluding hydrogens is 305 g/mol. The Kier molecular flexibility index (Phi) is 4.90. The molecule has 1 saturated carbocycles. The first kappa shape index (κ1) is 17.1. The van der Waals surface area contributed by atoms with Crippen molar-refractivity contribution in [2.45, 2.75) is 69.6 Å². The smallest absolute Gasteiger partial charge is 0.338 e. The van der Waals surface area contributed by atoms with Crippen LogP contribution in [0.4, 0.5) is 13.2 Å². The lowest BCUT2D eigenvalue weighted by Gasteiger charge is -2.39. The molecule has 0 aromatic heterocycles. The number of hydrogen-bond donors (Lipinski definition) is 0. The van der Waals surface area contributed by atoms with E-state index in [0.717, 1.165) is 38.6 Å². The van der Waals surface area contributed by atoms with Gasteiger partial charge in [-0.1, -0.05) is 12.8 Å². The van der Waals surface area contributed by atoms with Gasteiger partial charge in [0.25, 0.3) is 0 Å². The third-order valence-electron chi connectivity index (χ3n) is 6.11. The van der Waals surface area contributed by atoms with E-state index in [1.807, 2.05) is 0 Å². The highest BCUT2D eigenvalue weighted by Gasteiger charge is 2.50. The van der Waals surface area contributed by atoms with Crippen molar-refractivity contribution in [3.05, 3.63) is 0 Å². The summed E-state index contributed by atoms with van der Waals surface area (Å²) in [6.07, 6.45) is 1.61. The van der Waals surface area contributed by atoms with Gasteiger partial charge >= 0.3 is 6.18 Å². The first-order valence-electron chi connectivity index (χ1n) is 8.97. The largest absolute Gasteiger partial charge is 0.392 e. The van der Waals surface area contributed by atoms with Crippen molar-refractivity contribution in [3.63, 3.8) is 0 Å². The fraction of sp³-hybridized carbons (Fsp3) is 0.941. The number of carbonyl (C=O) groups excluding carboxylic acids is 1. The number of likely N-dealkylation sites (N-methyl/N-ethyl adjacent to an activating group) is 1. The number of rotatable bonds is 2. The van der Waals surface area contributed by atoms with Crippen LogP contribution >= 0.6 is 0 Å². The second-order valence-electron chi connectivity index (χ2n) is 7.47. The van der Waals surface area contributed by atoms with E-state index < -0.39 is 18.0 Å². The van der Waals surface area contributed by atoms with Gasteiger partial charge in [0, 0.05) is 24.5 Å². The van der Waals surface area contributed by atoms with Gasteiger partial charge in [-0.25, -0.2) is 0 Å². The molecule has 2 heterocycles. The van der Waals surface area contributed by atoms with Gasteiger partial charge in [-0.15, -0.1) is 0 Å². The van der Waals surface area contributed by atoms with Crippen molar-refractivity contribution in [2.24, 2.45) is 11.8 Å². The number of alkyl halides is 3. The van der Waals surface area contributed by atoms with Crippen molar-refractivity contribution in [1.29, 1.82) is 0 Å². The molecule has 0 N–H and O–H groups in total. The second kappa shape index (κ2) is 6.61. The number of halogens is 3. The van der Waals surface area contributed by atoms with Crippen LogP contribution in [-0.4, -0.2) is 54.1 Å². The highest BCUT2D eigenvalue weighted by Crippen LogP contribution is 2.43. The Bertz CT molecular complexity index is 440. The van der Waals surface area contributed by atoms with Crippen LogP contribution in [0.15, 0.2) is 0 Å². The molecule has 2 aliphatic heterocycles. The lowest BCUT2D eigenvalue weighted by Crippen LogP contribution is -2.51. The van der Waals surface area contributed by atoms with Crippen molar-refractivity contribution in [3.8, 4) is 0 Å². The van der Waals surface area contributed by atoms with E-state index in [2.05, 4.69) is 11.9 Å². The van der Waals surface area contributed by atoms with E-state index in [0.29, 0.717) is 25.4 Å². The van der Waals surface area contributed by atoms with Gasteiger partial charge in [0.15, 0.2) is 0 Å². The maximum Gasteiger partial charge on any atom is 0.392 e. The van der Waals surface area contributed by atoms with E-state index >= 15 is 0 Å². The first-order valence-corrected chi connectivity index (χ1v) is 8.97. The summed E-state index contributed by atoms with van der Waals surface area (Å²) in [5.74, 6) is -2.52. The van der Waals surface area contributed by atoms with E-state index in [9.17, 15) is 18.0 Å². The van der Waals surface area contributed by atoms with E-state index in [1.165, 1.54) is 0 Å². The van der Waals surface area contributed by atoms with Crippen molar-refractivity contribution in [2.75, 3.05) is 20.1 Å². The van der Waals surface area contributed by atoms with E-state index in [4.69, 9.17) is 0 Å². The third-order valence-corrected chi connectivity index (χ3v) is 6.11. The van der Waals surface area contributed by atoms with Crippen LogP contribution in [0.25, 0.3) is 0 Å². The molecule has 3 aliphatic rings. The topological polar surface area (TPSA) is 23.6 Å². The molecule has 6 heteroatoms. The Morgan fingerprint density at radius 2 is 1.57 bits per heavy atom. The predicted octanol–water partition coefficient (Wildman–Crippen LogP) is 3.44. The molecule has 3 rings (SSSR count). The fourth-order valence-corrected chi connectivity index (χ4v) is 4.92. The minimum Gasteiger partial charge on any atom is -0.338 e. The Morgan fingerprint density at radius 1 is 0.913 bits per heavy atom. The molecule has 0 bridgehead atoms. The van der Waals surface area contributed by atoms with Gasteiger partial charge in [-0.2, -0.15) is 13.2 Å². The lowest BCUT2D eigenvalue weighted by molar-refractivity contribution is -0.201. The van der Waals surface area contributed by atoms with Gasteiger partial charge in [-0.05, 0) is 52.1 Å². The second-order valence-corrected chi connectivity index (χ2v) is 7.47. The van der Waals surface area contributed by atoms with Crippen molar-refractivity contribution >= 4 is 5.91 Å². The molecule has 0 aromatic rings. The average Bonchev–Trinajstić information content (AvgIpc) is 3.13. The van der Waals surface area contributed by atoms with Crippen LogP contribution in [-0.2, 0) is 4.79 Å². The van der Waals surface area contributed by atoms with E-state index in [1.54, 1.807) is 4.90 Å². The van der Waals surface area contributed by atoms with Gasteiger partial charge in [-0.3, -0.25) is 4.79 Å². The number of likely N-dealkylation sites (tertiary alicyclic amines) is 2. The molecule has 2 saturated heterocycles. The third kappa shape index (κ3) is 3.37. The summed E-state index contributed by atoms with van der Waals surface area (Å²) in [4.78, 5) is 17.0. The lowest BCUT2D eigenvalue weighted by atomic mass is 9.77. The molecule has 1 amide bonds. The maximum atomic E-state index is 13.3. The highest BCUT2D eigenvalue weighted by atomic mass is 19.4. The minimum atomic E-state index is -4.25. The van der Waals surface area contributed by atoms with Crippen molar-refractivity contribution in [1.82, 2.24) is 9.80 Å². The summed E-state index contributed by atoms with van der Waals surface area (Å²) in [7, 11) is 2.07. The van der Waals surface area contributed by atoms with Gasteiger partial charge in [0.05, 0.1) is 5.92 Å². The summed E-state index contributed by atoms with van der Waals surface area (Å²) in [5.41, 5.74) is 0. The summed E-state index contributed by atoms with van der Waals surface area (Å²) in [5, 5.41) is 0. The molecule has 0 radical (unpaired) electrons. The van der Waals surface area contributed by atoms with E-state index in [-0.39, 0.29) is 18.4 Å². The molecule has 3 nitrogen and oxygen atoms in total. The van der Waals surface area contributed by atoms with Crippen LogP contribution in [0.2, 0.25) is 0 Å². The monoisotopic (exact) mass is 332 g/mol. The molecule has 4 unspecified atom stereocenters. The standard InChI is InChI=1S/C17H27F3N2O/c1-21-10-4-8-14(21)15-9-5-11-22(15)16(23)12-6-2-3-7-13(12)17(18,19)20/h12-15H,2-11H2,1H3. The average molecular weight is 332 g/mol. The number of hydrogen-bond acceptors (Lipinski definition) is 2. The zero-order chi connectivity index (χ0) is 16.6. The molecule has 4 atom stereocenters. The molecule has 0 spiro atoms. The quantitative estimate of drug-likeness (QED) is 0.773. The van der Waals surface area contributed by atoms with Crippen molar-refractivity contribution < 1.29 is 18.0 Å². The zero-order valence-corrected chi connectivity index (χ0v) is 13.8. The summed E-state index contributed by atoms with van der Waals surface area (Å²) < 4.78 is 40.0. The maximum absolute atomic E-state index is 13.3. The van der Waals surface area contributed by atoms with Crippen LogP contribution in [0.1, 0.15) is 51.4 Å². The highest BCUT2D eigenvalue weighted by molar-refractivity contribution is 5.80. The number of carbonyl (C=O) groups is 1. The predicted molar refractivity (Wildman–Crippen MR) is 81.9 cm³/mol. The Hall–Kier alpha value is -0.780. The van der Waals surface area contributed by atoms with Crippen LogP contribution < -0.4 is 0 Å². The minimum absolute atomic E-state index is 0.113. The SMILES string of the molecule is CN1CCCC1C1CCCN1C(=O)C1CCCCC1C(F)(F)F. The van der Waals surface area contributed by atoms with Crippen LogP contribution in [0.5, 0.6) is 0 Å². The zero-order valence-electron chi connectivity index (χ0n) is 13.8. The summed E-state index contributed by atoms with van der Waals surface area (Å²) >= 11 is 0. The van der Waals surface area contributed by atoms with Crippen LogP contribution in [0, 0.1) is 11.8 Å². The molecule has 1 aliphatic carbocycles. The first-order chi connectivity index (χ1) is 10.9.